The van der Waals surface area contributed by atoms with E-state index in [0.29, 0.717) is 6.61 Å². The van der Waals surface area contributed by atoms with Crippen molar-refractivity contribution in [1.82, 2.24) is 10.3 Å². The molecule has 1 aromatic carbocycles. The van der Waals surface area contributed by atoms with Crippen molar-refractivity contribution in [2.75, 3.05) is 13.7 Å². The van der Waals surface area contributed by atoms with Crippen molar-refractivity contribution in [1.29, 1.82) is 0 Å². The van der Waals surface area contributed by atoms with Crippen LogP contribution < -0.4 is 10.1 Å². The van der Waals surface area contributed by atoms with Crippen LogP contribution in [-0.2, 0) is 0 Å². The van der Waals surface area contributed by atoms with Gasteiger partial charge in [-0.05, 0) is 50.2 Å². The van der Waals surface area contributed by atoms with Crippen molar-refractivity contribution < 1.29 is 4.74 Å². The highest BCUT2D eigenvalue weighted by atomic mass is 16.5. The average Bonchev–Trinajstić information content (AvgIpc) is 2.44. The molecular formula is C16H20N2O. The molecule has 19 heavy (non-hydrogen) atoms. The fourth-order valence-corrected chi connectivity index (χ4v) is 2.18. The van der Waals surface area contributed by atoms with Gasteiger partial charge in [-0.15, -0.1) is 0 Å². The number of nitrogens with zero attached hydrogens (tertiary/aromatic N) is 1. The standard InChI is InChI=1S/C16H20N2O/c1-4-19-14-9-7-13(8-10-14)16(17-3)15-12(2)6-5-11-18-15/h5-11,16-17H,4H2,1-3H3. The van der Waals surface area contributed by atoms with E-state index < -0.39 is 0 Å². The first-order chi connectivity index (χ1) is 9.26. The van der Waals surface area contributed by atoms with Crippen molar-refractivity contribution in [3.63, 3.8) is 0 Å². The third kappa shape index (κ3) is 3.12. The van der Waals surface area contributed by atoms with Gasteiger partial charge in [0.2, 0.25) is 0 Å². The minimum absolute atomic E-state index is 0.108. The summed E-state index contributed by atoms with van der Waals surface area (Å²) < 4.78 is 5.47. The summed E-state index contributed by atoms with van der Waals surface area (Å²) in [6.07, 6.45) is 1.83. The van der Waals surface area contributed by atoms with Gasteiger partial charge in [-0.1, -0.05) is 18.2 Å². The lowest BCUT2D eigenvalue weighted by Gasteiger charge is -2.18. The summed E-state index contributed by atoms with van der Waals surface area (Å²) in [7, 11) is 1.95. The van der Waals surface area contributed by atoms with E-state index >= 15 is 0 Å². The van der Waals surface area contributed by atoms with Gasteiger partial charge in [0.15, 0.2) is 0 Å². The molecule has 3 heteroatoms. The van der Waals surface area contributed by atoms with Crippen LogP contribution in [0.1, 0.15) is 29.8 Å². The Morgan fingerprint density at radius 1 is 1.21 bits per heavy atom. The molecule has 100 valence electrons. The molecule has 0 aliphatic carbocycles. The van der Waals surface area contributed by atoms with Crippen LogP contribution in [0, 0.1) is 6.92 Å². The van der Waals surface area contributed by atoms with Gasteiger partial charge in [0, 0.05) is 6.20 Å². The second-order valence-corrected chi connectivity index (χ2v) is 4.43. The number of hydrogen-bond acceptors (Lipinski definition) is 3. The normalized spacial score (nSPS) is 12.2. The van der Waals surface area contributed by atoms with Crippen LogP contribution in [0.5, 0.6) is 5.75 Å². The number of pyridine rings is 1. The Labute approximate surface area is 114 Å². The quantitative estimate of drug-likeness (QED) is 0.892. The van der Waals surface area contributed by atoms with Gasteiger partial charge in [0.05, 0.1) is 18.3 Å². The molecule has 0 aliphatic heterocycles. The largest absolute Gasteiger partial charge is 0.494 e. The highest BCUT2D eigenvalue weighted by Crippen LogP contribution is 2.24. The first-order valence-corrected chi connectivity index (χ1v) is 6.57. The van der Waals surface area contributed by atoms with Crippen molar-refractivity contribution in [2.24, 2.45) is 0 Å². The maximum atomic E-state index is 5.47. The van der Waals surface area contributed by atoms with Crippen LogP contribution in [0.4, 0.5) is 0 Å². The Kier molecular flexibility index (Phi) is 4.53. The van der Waals surface area contributed by atoms with Crippen LogP contribution >= 0.6 is 0 Å². The summed E-state index contributed by atoms with van der Waals surface area (Å²) in [6, 6.07) is 12.3. The second-order valence-electron chi connectivity index (χ2n) is 4.43. The summed E-state index contributed by atoms with van der Waals surface area (Å²) in [5, 5.41) is 3.32. The molecule has 1 atom stereocenters. The van der Waals surface area contributed by atoms with Crippen LogP contribution in [-0.4, -0.2) is 18.6 Å². The Morgan fingerprint density at radius 3 is 2.53 bits per heavy atom. The fraction of sp³-hybridized carbons (Fsp3) is 0.312. The SMILES string of the molecule is CCOc1ccc(C(NC)c2ncccc2C)cc1. The lowest BCUT2D eigenvalue weighted by atomic mass is 10.00. The molecule has 1 heterocycles. The maximum Gasteiger partial charge on any atom is 0.119 e. The molecule has 0 saturated carbocycles. The smallest absolute Gasteiger partial charge is 0.119 e. The van der Waals surface area contributed by atoms with E-state index in [0.717, 1.165) is 11.4 Å². The second kappa shape index (κ2) is 6.34. The van der Waals surface area contributed by atoms with Gasteiger partial charge >= 0.3 is 0 Å². The Balaban J connectivity index is 2.29. The predicted octanol–water partition coefficient (Wildman–Crippen LogP) is 3.10. The Bertz CT molecular complexity index is 523. The van der Waals surface area contributed by atoms with Crippen molar-refractivity contribution in [3.8, 4) is 5.75 Å². The number of nitrogens with one attached hydrogen (secondary N) is 1. The average molecular weight is 256 g/mol. The van der Waals surface area contributed by atoms with Gasteiger partial charge in [-0.3, -0.25) is 4.98 Å². The Hall–Kier alpha value is -1.87. The minimum atomic E-state index is 0.108. The van der Waals surface area contributed by atoms with Gasteiger partial charge in [0.1, 0.15) is 5.75 Å². The summed E-state index contributed by atoms with van der Waals surface area (Å²) in [5.74, 6) is 0.902. The molecule has 0 radical (unpaired) electrons. The van der Waals surface area contributed by atoms with Gasteiger partial charge in [-0.2, -0.15) is 0 Å². The number of aromatic nitrogens is 1. The molecule has 2 aromatic rings. The molecule has 2 rings (SSSR count). The lowest BCUT2D eigenvalue weighted by molar-refractivity contribution is 0.340. The van der Waals surface area contributed by atoms with Gasteiger partial charge in [-0.25, -0.2) is 0 Å². The number of aryl methyl sites for hydroxylation is 1. The zero-order valence-corrected chi connectivity index (χ0v) is 11.7. The molecule has 0 aliphatic rings. The van der Waals surface area contributed by atoms with Crippen molar-refractivity contribution >= 4 is 0 Å². The fourth-order valence-electron chi connectivity index (χ4n) is 2.18. The van der Waals surface area contributed by atoms with Gasteiger partial charge in [0.25, 0.3) is 0 Å². The summed E-state index contributed by atoms with van der Waals surface area (Å²) in [4.78, 5) is 4.49. The van der Waals surface area contributed by atoms with Crippen LogP contribution in [0.2, 0.25) is 0 Å². The molecule has 0 spiro atoms. The molecule has 0 amide bonds. The number of ether oxygens (including phenoxy) is 1. The zero-order valence-electron chi connectivity index (χ0n) is 11.7. The number of benzene rings is 1. The van der Waals surface area contributed by atoms with Crippen LogP contribution in [0.3, 0.4) is 0 Å². The molecule has 3 nitrogen and oxygen atoms in total. The van der Waals surface area contributed by atoms with Crippen molar-refractivity contribution in [3.05, 3.63) is 59.4 Å². The summed E-state index contributed by atoms with van der Waals surface area (Å²) >= 11 is 0. The van der Waals surface area contributed by atoms with Gasteiger partial charge < -0.3 is 10.1 Å². The molecule has 1 aromatic heterocycles. The van der Waals surface area contributed by atoms with E-state index in [4.69, 9.17) is 4.74 Å². The monoisotopic (exact) mass is 256 g/mol. The molecule has 0 saturated heterocycles. The van der Waals surface area contributed by atoms with Crippen LogP contribution in [0.25, 0.3) is 0 Å². The molecule has 0 bridgehead atoms. The van der Waals surface area contributed by atoms with E-state index in [1.165, 1.54) is 11.1 Å². The Morgan fingerprint density at radius 2 is 1.95 bits per heavy atom. The van der Waals surface area contributed by atoms with E-state index in [1.807, 2.05) is 38.4 Å². The predicted molar refractivity (Wildman–Crippen MR) is 77.5 cm³/mol. The molecule has 1 unspecified atom stereocenters. The first-order valence-electron chi connectivity index (χ1n) is 6.57. The first kappa shape index (κ1) is 13.6. The van der Waals surface area contributed by atoms with E-state index in [9.17, 15) is 0 Å². The number of hydrogen-bond donors (Lipinski definition) is 1. The highest BCUT2D eigenvalue weighted by Gasteiger charge is 2.15. The van der Waals surface area contributed by atoms with Crippen molar-refractivity contribution in [2.45, 2.75) is 19.9 Å². The summed E-state index contributed by atoms with van der Waals surface area (Å²) in [5.41, 5.74) is 3.44. The maximum absolute atomic E-state index is 5.47. The molecular weight excluding hydrogens is 236 g/mol. The van der Waals surface area contributed by atoms with E-state index in [-0.39, 0.29) is 6.04 Å². The topological polar surface area (TPSA) is 34.1 Å². The molecule has 0 fully saturated rings. The van der Waals surface area contributed by atoms with E-state index in [1.54, 1.807) is 0 Å². The minimum Gasteiger partial charge on any atom is -0.494 e. The third-order valence-electron chi connectivity index (χ3n) is 3.14. The van der Waals surface area contributed by atoms with E-state index in [2.05, 4.69) is 35.4 Å². The zero-order chi connectivity index (χ0) is 13.7. The number of rotatable bonds is 5. The third-order valence-corrected chi connectivity index (χ3v) is 3.14. The molecule has 1 N–H and O–H groups in total. The highest BCUT2D eigenvalue weighted by molar-refractivity contribution is 5.35. The summed E-state index contributed by atoms with van der Waals surface area (Å²) in [6.45, 7) is 4.76. The van der Waals surface area contributed by atoms with Crippen LogP contribution in [0.15, 0.2) is 42.6 Å². The lowest BCUT2D eigenvalue weighted by Crippen LogP contribution is -2.19.